The third kappa shape index (κ3) is 2.67. The summed E-state index contributed by atoms with van der Waals surface area (Å²) in [6.07, 6.45) is 3.34. The number of hydrogen-bond acceptors (Lipinski definition) is 7. The van der Waals surface area contributed by atoms with Crippen molar-refractivity contribution in [2.24, 2.45) is 12.9 Å². The van der Waals surface area contributed by atoms with E-state index in [1.54, 1.807) is 17.2 Å². The van der Waals surface area contributed by atoms with Gasteiger partial charge in [-0.05, 0) is 6.92 Å². The van der Waals surface area contributed by atoms with Crippen LogP contribution in [0.3, 0.4) is 0 Å². The highest BCUT2D eigenvalue weighted by molar-refractivity contribution is 5.45. The van der Waals surface area contributed by atoms with Crippen molar-refractivity contribution >= 4 is 11.8 Å². The summed E-state index contributed by atoms with van der Waals surface area (Å²) < 4.78 is 1.65. The number of nitrogens with one attached hydrogen (secondary N) is 2. The monoisotopic (exact) mass is 234 g/mol. The molecule has 0 fully saturated rings. The minimum atomic E-state index is 0.368. The molecule has 0 aliphatic carbocycles. The van der Waals surface area contributed by atoms with E-state index in [4.69, 9.17) is 5.84 Å². The van der Waals surface area contributed by atoms with Gasteiger partial charge in [-0.15, -0.1) is 0 Å². The quantitative estimate of drug-likeness (QED) is 0.497. The lowest BCUT2D eigenvalue weighted by molar-refractivity contribution is 0.746. The lowest BCUT2D eigenvalue weighted by atomic mass is 10.3. The van der Waals surface area contributed by atoms with Crippen LogP contribution in [0.25, 0.3) is 0 Å². The smallest absolute Gasteiger partial charge is 0.239 e. The number of anilines is 2. The molecule has 4 N–H and O–H groups in total. The summed E-state index contributed by atoms with van der Waals surface area (Å²) in [7, 11) is 1.82. The lowest BCUT2D eigenvalue weighted by Gasteiger charge is -2.07. The fourth-order valence-corrected chi connectivity index (χ4v) is 1.32. The molecule has 2 rings (SSSR count). The Kier molecular flexibility index (Phi) is 3.15. The number of nitrogen functional groups attached to an aromatic ring is 1. The summed E-state index contributed by atoms with van der Waals surface area (Å²) in [4.78, 5) is 12.3. The molecule has 0 spiro atoms. The number of nitrogens with zero attached hydrogens (tertiary/aromatic N) is 5. The highest BCUT2D eigenvalue weighted by atomic mass is 15.3. The van der Waals surface area contributed by atoms with E-state index in [-0.39, 0.29) is 0 Å². The van der Waals surface area contributed by atoms with Crippen molar-refractivity contribution in [3.63, 3.8) is 0 Å². The van der Waals surface area contributed by atoms with Gasteiger partial charge >= 0.3 is 0 Å². The second kappa shape index (κ2) is 4.74. The summed E-state index contributed by atoms with van der Waals surface area (Å²) in [6, 6.07) is 0. The molecule has 0 saturated heterocycles. The summed E-state index contributed by atoms with van der Waals surface area (Å²) in [5.74, 6) is 7.03. The van der Waals surface area contributed by atoms with Crippen LogP contribution in [0.2, 0.25) is 0 Å². The van der Waals surface area contributed by atoms with Gasteiger partial charge in [-0.1, -0.05) is 0 Å². The zero-order valence-corrected chi connectivity index (χ0v) is 9.68. The molecule has 2 heterocycles. The van der Waals surface area contributed by atoms with Crippen LogP contribution in [0.15, 0.2) is 12.5 Å². The Bertz CT molecular complexity index is 505. The molecule has 17 heavy (non-hydrogen) atoms. The highest BCUT2D eigenvalue weighted by Gasteiger charge is 2.04. The second-order valence-electron chi connectivity index (χ2n) is 3.56. The van der Waals surface area contributed by atoms with E-state index in [1.165, 1.54) is 0 Å². The maximum absolute atomic E-state index is 5.25. The Balaban J connectivity index is 2.07. The van der Waals surface area contributed by atoms with Gasteiger partial charge in [0.05, 0.1) is 6.54 Å². The molecule has 0 atom stereocenters. The van der Waals surface area contributed by atoms with Crippen molar-refractivity contribution in [3.8, 4) is 0 Å². The van der Waals surface area contributed by atoms with Gasteiger partial charge in [0, 0.05) is 18.8 Å². The van der Waals surface area contributed by atoms with Crippen LogP contribution in [0.4, 0.5) is 11.8 Å². The van der Waals surface area contributed by atoms with Crippen molar-refractivity contribution in [1.29, 1.82) is 0 Å². The Morgan fingerprint density at radius 3 is 2.88 bits per heavy atom. The van der Waals surface area contributed by atoms with Crippen molar-refractivity contribution in [3.05, 3.63) is 23.9 Å². The molecule has 0 bridgehead atoms. The van der Waals surface area contributed by atoms with Crippen molar-refractivity contribution in [1.82, 2.24) is 24.7 Å². The average Bonchev–Trinajstić information content (AvgIpc) is 2.74. The van der Waals surface area contributed by atoms with E-state index in [9.17, 15) is 0 Å². The number of hydrogen-bond donors (Lipinski definition) is 3. The summed E-state index contributed by atoms with van der Waals surface area (Å²) in [5, 5.41) is 7.29. The van der Waals surface area contributed by atoms with Gasteiger partial charge < -0.3 is 5.32 Å². The van der Waals surface area contributed by atoms with Crippen LogP contribution in [0.5, 0.6) is 0 Å². The van der Waals surface area contributed by atoms with Gasteiger partial charge in [0.25, 0.3) is 0 Å². The lowest BCUT2D eigenvalue weighted by Crippen LogP contribution is -2.13. The van der Waals surface area contributed by atoms with Gasteiger partial charge in [0.1, 0.15) is 12.1 Å². The van der Waals surface area contributed by atoms with Crippen LogP contribution in [-0.4, -0.2) is 24.7 Å². The summed E-state index contributed by atoms with van der Waals surface area (Å²) >= 11 is 0. The third-order valence-corrected chi connectivity index (χ3v) is 2.16. The maximum atomic E-state index is 5.25. The molecule has 2 aromatic rings. The van der Waals surface area contributed by atoms with E-state index < -0.39 is 0 Å². The van der Waals surface area contributed by atoms with Crippen LogP contribution < -0.4 is 16.6 Å². The number of hydrazine groups is 1. The van der Waals surface area contributed by atoms with Gasteiger partial charge in [-0.2, -0.15) is 10.1 Å². The molecule has 8 nitrogen and oxygen atoms in total. The minimum Gasteiger partial charge on any atom is -0.362 e. The summed E-state index contributed by atoms with van der Waals surface area (Å²) in [6.45, 7) is 2.41. The molecule has 0 saturated carbocycles. The molecule has 0 aliphatic heterocycles. The first kappa shape index (κ1) is 11.3. The van der Waals surface area contributed by atoms with Gasteiger partial charge in [-0.3, -0.25) is 10.1 Å². The number of rotatable bonds is 4. The topological polar surface area (TPSA) is 107 Å². The van der Waals surface area contributed by atoms with E-state index >= 15 is 0 Å². The SMILES string of the molecule is Cc1cnc(NN)nc1NCc1ncn(C)n1. The van der Waals surface area contributed by atoms with Crippen molar-refractivity contribution in [2.45, 2.75) is 13.5 Å². The first-order chi connectivity index (χ1) is 8.19. The predicted molar refractivity (Wildman–Crippen MR) is 62.9 cm³/mol. The Morgan fingerprint density at radius 2 is 2.24 bits per heavy atom. The van der Waals surface area contributed by atoms with Crippen LogP contribution in [-0.2, 0) is 13.6 Å². The van der Waals surface area contributed by atoms with Gasteiger partial charge in [0.15, 0.2) is 5.82 Å². The molecule has 0 aromatic carbocycles. The standard InChI is InChI=1S/C9H14N8/c1-6-3-12-9(15-10)14-8(6)11-4-7-13-5-17(2)16-7/h3,5H,4,10H2,1-2H3,(H2,11,12,14,15). The van der Waals surface area contributed by atoms with E-state index in [1.807, 2.05) is 14.0 Å². The Morgan fingerprint density at radius 1 is 1.41 bits per heavy atom. The van der Waals surface area contributed by atoms with Gasteiger partial charge in [0.2, 0.25) is 5.95 Å². The zero-order chi connectivity index (χ0) is 12.3. The molecule has 0 aliphatic rings. The molecule has 8 heteroatoms. The van der Waals surface area contributed by atoms with E-state index in [0.717, 1.165) is 5.56 Å². The van der Waals surface area contributed by atoms with Crippen molar-refractivity contribution in [2.75, 3.05) is 10.7 Å². The largest absolute Gasteiger partial charge is 0.362 e. The first-order valence-corrected chi connectivity index (χ1v) is 5.07. The van der Waals surface area contributed by atoms with Crippen molar-refractivity contribution < 1.29 is 0 Å². The average molecular weight is 234 g/mol. The van der Waals surface area contributed by atoms with Gasteiger partial charge in [-0.25, -0.2) is 15.8 Å². The normalized spacial score (nSPS) is 10.3. The number of aryl methyl sites for hydroxylation is 2. The predicted octanol–water partition coefficient (Wildman–Crippen LogP) is -0.189. The van der Waals surface area contributed by atoms with Crippen LogP contribution >= 0.6 is 0 Å². The molecule has 0 amide bonds. The fourth-order valence-electron chi connectivity index (χ4n) is 1.32. The maximum Gasteiger partial charge on any atom is 0.239 e. The van der Waals surface area contributed by atoms with E-state index in [0.29, 0.717) is 24.1 Å². The molecule has 90 valence electrons. The number of aromatic nitrogens is 5. The molecule has 0 unspecified atom stereocenters. The Labute approximate surface area is 98.3 Å². The number of nitrogens with two attached hydrogens (primary N) is 1. The van der Waals surface area contributed by atoms with E-state index in [2.05, 4.69) is 30.8 Å². The molecular weight excluding hydrogens is 220 g/mol. The molecule has 2 aromatic heterocycles. The van der Waals surface area contributed by atoms with Crippen LogP contribution in [0.1, 0.15) is 11.4 Å². The highest BCUT2D eigenvalue weighted by Crippen LogP contribution is 2.12. The molecule has 0 radical (unpaired) electrons. The Hall–Kier alpha value is -2.22. The minimum absolute atomic E-state index is 0.368. The fraction of sp³-hybridized carbons (Fsp3) is 0.333. The second-order valence-corrected chi connectivity index (χ2v) is 3.56. The van der Waals surface area contributed by atoms with Crippen LogP contribution in [0, 0.1) is 6.92 Å². The third-order valence-electron chi connectivity index (χ3n) is 2.16. The summed E-state index contributed by atoms with van der Waals surface area (Å²) in [5.41, 5.74) is 3.33. The zero-order valence-electron chi connectivity index (χ0n) is 9.68. The first-order valence-electron chi connectivity index (χ1n) is 5.07. The molecular formula is C9H14N8.